The summed E-state index contributed by atoms with van der Waals surface area (Å²) in [6.45, 7) is 2.79. The third-order valence-electron chi connectivity index (χ3n) is 5.85. The zero-order chi connectivity index (χ0) is 20.3. The Morgan fingerprint density at radius 3 is 2.29 bits per heavy atom. The maximum absolute atomic E-state index is 13.0. The second-order valence-corrected chi connectivity index (χ2v) is 9.58. The molecule has 1 aromatic carbocycles. The summed E-state index contributed by atoms with van der Waals surface area (Å²) >= 11 is 0. The van der Waals surface area contributed by atoms with Crippen LogP contribution in [0.3, 0.4) is 0 Å². The van der Waals surface area contributed by atoms with Crippen molar-refractivity contribution in [3.8, 4) is 0 Å². The number of rotatable bonds is 4. The Labute approximate surface area is 167 Å². The fourth-order valence-electron chi connectivity index (χ4n) is 4.02. The molecule has 1 aliphatic carbocycles. The van der Waals surface area contributed by atoms with Gasteiger partial charge in [-0.1, -0.05) is 25.3 Å². The number of nitrogens with zero attached hydrogens (tertiary/aromatic N) is 3. The summed E-state index contributed by atoms with van der Waals surface area (Å²) in [5.74, 6) is -0.180. The summed E-state index contributed by atoms with van der Waals surface area (Å²) in [6.07, 6.45) is 5.47. The van der Waals surface area contributed by atoms with Crippen molar-refractivity contribution in [1.29, 1.82) is 0 Å². The first kappa shape index (κ1) is 20.8. The zero-order valence-electron chi connectivity index (χ0n) is 16.6. The number of hydrogen-bond acceptors (Lipinski definition) is 4. The van der Waals surface area contributed by atoms with E-state index in [2.05, 4.69) is 0 Å². The van der Waals surface area contributed by atoms with Crippen LogP contribution < -0.4 is 0 Å². The van der Waals surface area contributed by atoms with Gasteiger partial charge in [0, 0.05) is 51.8 Å². The van der Waals surface area contributed by atoms with Crippen LogP contribution in [0.1, 0.15) is 49.4 Å². The van der Waals surface area contributed by atoms with Crippen LogP contribution in [0.5, 0.6) is 0 Å². The van der Waals surface area contributed by atoms with E-state index in [0.29, 0.717) is 18.7 Å². The van der Waals surface area contributed by atoms with Crippen molar-refractivity contribution in [3.63, 3.8) is 0 Å². The lowest BCUT2D eigenvalue weighted by Gasteiger charge is -2.33. The molecule has 2 amide bonds. The van der Waals surface area contributed by atoms with Gasteiger partial charge in [0.15, 0.2) is 0 Å². The molecule has 1 saturated heterocycles. The molecule has 154 valence electrons. The third kappa shape index (κ3) is 4.38. The number of amides is 2. The highest BCUT2D eigenvalue weighted by Crippen LogP contribution is 2.24. The van der Waals surface area contributed by atoms with Gasteiger partial charge >= 0.3 is 0 Å². The number of benzene rings is 1. The topological polar surface area (TPSA) is 78.0 Å². The third-order valence-corrected chi connectivity index (χ3v) is 7.74. The van der Waals surface area contributed by atoms with Crippen molar-refractivity contribution in [2.45, 2.75) is 50.0 Å². The van der Waals surface area contributed by atoms with E-state index >= 15 is 0 Å². The van der Waals surface area contributed by atoms with Gasteiger partial charge in [-0.15, -0.1) is 0 Å². The predicted octanol–water partition coefficient (Wildman–Crippen LogP) is 1.94. The highest BCUT2D eigenvalue weighted by molar-refractivity contribution is 7.89. The molecule has 1 aliphatic heterocycles. The van der Waals surface area contributed by atoms with Gasteiger partial charge in [-0.2, -0.15) is 4.31 Å². The van der Waals surface area contributed by atoms with Crippen LogP contribution in [0, 0.1) is 0 Å². The fourth-order valence-corrected chi connectivity index (χ4v) is 5.49. The Morgan fingerprint density at radius 2 is 1.68 bits per heavy atom. The molecule has 0 unspecified atom stereocenters. The number of hydrogen-bond donors (Lipinski definition) is 0. The maximum atomic E-state index is 13.0. The lowest BCUT2D eigenvalue weighted by Crippen LogP contribution is -2.49. The van der Waals surface area contributed by atoms with Gasteiger partial charge < -0.3 is 9.80 Å². The molecule has 28 heavy (non-hydrogen) atoms. The molecule has 0 bridgehead atoms. The highest BCUT2D eigenvalue weighted by Gasteiger charge is 2.30. The summed E-state index contributed by atoms with van der Waals surface area (Å²) in [5, 5.41) is 0. The van der Waals surface area contributed by atoms with Crippen molar-refractivity contribution in [3.05, 3.63) is 29.8 Å². The Morgan fingerprint density at radius 1 is 1.04 bits per heavy atom. The van der Waals surface area contributed by atoms with E-state index in [4.69, 9.17) is 0 Å². The van der Waals surface area contributed by atoms with E-state index < -0.39 is 10.0 Å². The fraction of sp³-hybridized carbons (Fsp3) is 0.600. The number of carbonyl (C=O) groups is 2. The quantitative estimate of drug-likeness (QED) is 0.764. The Bertz CT molecular complexity index is 826. The van der Waals surface area contributed by atoms with Gasteiger partial charge in [0.25, 0.3) is 5.91 Å². The van der Waals surface area contributed by atoms with Crippen LogP contribution in [0.2, 0.25) is 0 Å². The SMILES string of the molecule is CC(=O)N1CCN(S(=O)(=O)c2cccc(C(=O)N(C)C3CCCCC3)c2)CC1. The molecule has 0 spiro atoms. The van der Waals surface area contributed by atoms with Crippen molar-refractivity contribution in [2.75, 3.05) is 33.2 Å². The van der Waals surface area contributed by atoms with Crippen LogP contribution in [-0.2, 0) is 14.8 Å². The molecule has 8 heteroatoms. The molecule has 7 nitrogen and oxygen atoms in total. The van der Waals surface area contributed by atoms with Gasteiger partial charge in [-0.05, 0) is 31.0 Å². The minimum absolute atomic E-state index is 0.0459. The number of piperazine rings is 1. The van der Waals surface area contributed by atoms with Crippen molar-refractivity contribution in [2.24, 2.45) is 0 Å². The molecular weight excluding hydrogens is 378 g/mol. The number of carbonyl (C=O) groups excluding carboxylic acids is 2. The van der Waals surface area contributed by atoms with Crippen molar-refractivity contribution >= 4 is 21.8 Å². The Kier molecular flexibility index (Phi) is 6.40. The summed E-state index contributed by atoms with van der Waals surface area (Å²) in [5.41, 5.74) is 0.400. The molecule has 1 heterocycles. The lowest BCUT2D eigenvalue weighted by molar-refractivity contribution is -0.129. The van der Waals surface area contributed by atoms with Gasteiger partial charge in [0.2, 0.25) is 15.9 Å². The maximum Gasteiger partial charge on any atom is 0.253 e. The minimum Gasteiger partial charge on any atom is -0.340 e. The van der Waals surface area contributed by atoms with Crippen LogP contribution in [-0.4, -0.2) is 73.6 Å². The first-order chi connectivity index (χ1) is 13.3. The largest absolute Gasteiger partial charge is 0.340 e. The second kappa shape index (κ2) is 8.61. The average molecular weight is 408 g/mol. The van der Waals surface area contributed by atoms with Crippen molar-refractivity contribution in [1.82, 2.24) is 14.1 Å². The second-order valence-electron chi connectivity index (χ2n) is 7.65. The molecule has 1 saturated carbocycles. The van der Waals surface area contributed by atoms with Crippen LogP contribution in [0.4, 0.5) is 0 Å². The van der Waals surface area contributed by atoms with Gasteiger partial charge in [-0.25, -0.2) is 8.42 Å². The first-order valence-corrected chi connectivity index (χ1v) is 11.4. The Hall–Kier alpha value is -1.93. The molecule has 2 aliphatic rings. The molecule has 3 rings (SSSR count). The van der Waals surface area contributed by atoms with Crippen molar-refractivity contribution < 1.29 is 18.0 Å². The Balaban J connectivity index is 1.75. The van der Waals surface area contributed by atoms with Gasteiger partial charge in [0.05, 0.1) is 4.90 Å². The zero-order valence-corrected chi connectivity index (χ0v) is 17.5. The highest BCUT2D eigenvalue weighted by atomic mass is 32.2. The molecule has 1 aromatic rings. The van der Waals surface area contributed by atoms with Gasteiger partial charge in [0.1, 0.15) is 0 Å². The summed E-state index contributed by atoms with van der Waals surface area (Å²) in [6, 6.07) is 6.54. The van der Waals surface area contributed by atoms with E-state index in [1.807, 2.05) is 0 Å². The minimum atomic E-state index is -3.69. The summed E-state index contributed by atoms with van der Waals surface area (Å²) in [7, 11) is -1.89. The van der Waals surface area contributed by atoms with E-state index in [1.165, 1.54) is 29.8 Å². The summed E-state index contributed by atoms with van der Waals surface area (Å²) < 4.78 is 27.4. The molecule has 0 atom stereocenters. The van der Waals surface area contributed by atoms with E-state index in [-0.39, 0.29) is 35.8 Å². The first-order valence-electron chi connectivity index (χ1n) is 9.93. The molecular formula is C20H29N3O4S. The van der Waals surface area contributed by atoms with Crippen LogP contribution in [0.25, 0.3) is 0 Å². The molecule has 0 aromatic heterocycles. The van der Waals surface area contributed by atoms with E-state index in [1.54, 1.807) is 29.0 Å². The van der Waals surface area contributed by atoms with E-state index in [9.17, 15) is 18.0 Å². The number of sulfonamides is 1. The molecule has 0 radical (unpaired) electrons. The summed E-state index contributed by atoms with van der Waals surface area (Å²) in [4.78, 5) is 27.9. The smallest absolute Gasteiger partial charge is 0.253 e. The average Bonchev–Trinajstić information content (AvgIpc) is 2.73. The van der Waals surface area contributed by atoms with Gasteiger partial charge in [-0.3, -0.25) is 9.59 Å². The van der Waals surface area contributed by atoms with Crippen LogP contribution in [0.15, 0.2) is 29.2 Å². The standard InChI is InChI=1S/C20H29N3O4S/c1-16(24)22-11-13-23(14-12-22)28(26,27)19-10-6-7-17(15-19)20(25)21(2)18-8-4-3-5-9-18/h6-7,10,15,18H,3-5,8-9,11-14H2,1-2H3. The molecule has 0 N–H and O–H groups in total. The molecule has 2 fully saturated rings. The predicted molar refractivity (Wildman–Crippen MR) is 106 cm³/mol. The normalized spacial score (nSPS) is 19.4. The van der Waals surface area contributed by atoms with E-state index in [0.717, 1.165) is 25.7 Å². The monoisotopic (exact) mass is 407 g/mol. The lowest BCUT2D eigenvalue weighted by atomic mass is 9.94. The van der Waals surface area contributed by atoms with Crippen LogP contribution >= 0.6 is 0 Å².